The number of piperidine rings is 1. The molecule has 33 heavy (non-hydrogen) atoms. The average molecular weight is 541 g/mol. The Bertz CT molecular complexity index is 981. The van der Waals surface area contributed by atoms with Crippen LogP contribution in [0.3, 0.4) is 0 Å². The number of alkyl halides is 3. The molecular weight excluding hydrogens is 524 g/mol. The highest BCUT2D eigenvalue weighted by atomic mass is 79.9. The Kier molecular flexibility index (Phi) is 9.53. The van der Waals surface area contributed by atoms with Crippen molar-refractivity contribution >= 4 is 45.5 Å². The van der Waals surface area contributed by atoms with Crippen LogP contribution in [0, 0.1) is 11.7 Å². The second-order valence-electron chi connectivity index (χ2n) is 6.39. The molecular formula is C17H17BrF4N6O5. The zero-order chi connectivity index (χ0) is 24.4. The predicted molar refractivity (Wildman–Crippen MR) is 109 cm³/mol. The Labute approximate surface area is 191 Å². The van der Waals surface area contributed by atoms with E-state index in [1.165, 1.54) is 24.4 Å². The van der Waals surface area contributed by atoms with Gasteiger partial charge in [-0.15, -0.1) is 0 Å². The maximum atomic E-state index is 13.1. The Morgan fingerprint density at radius 2 is 2.09 bits per heavy atom. The Morgan fingerprint density at radius 1 is 1.36 bits per heavy atom. The number of benzene rings is 1. The number of nitrogens with one attached hydrogen (secondary N) is 3. The first kappa shape index (κ1) is 26.0. The lowest BCUT2D eigenvalue weighted by Gasteiger charge is -2.21. The fourth-order valence-corrected chi connectivity index (χ4v) is 2.75. The first-order valence-electron chi connectivity index (χ1n) is 9.12. The van der Waals surface area contributed by atoms with Crippen LogP contribution in [0.15, 0.2) is 32.5 Å². The molecule has 2 heterocycles. The third-order valence-corrected chi connectivity index (χ3v) is 4.58. The largest absolute Gasteiger partial charge is 0.490 e. The summed E-state index contributed by atoms with van der Waals surface area (Å²) in [6.07, 6.45) is -2.09. The summed E-state index contributed by atoms with van der Waals surface area (Å²) in [5.41, 5.74) is 3.22. The van der Waals surface area contributed by atoms with Gasteiger partial charge in [0, 0.05) is 6.54 Å². The molecule has 0 spiro atoms. The zero-order valence-electron chi connectivity index (χ0n) is 16.5. The average Bonchev–Trinajstić information content (AvgIpc) is 3.21. The van der Waals surface area contributed by atoms with Crippen LogP contribution in [0.5, 0.6) is 0 Å². The summed E-state index contributed by atoms with van der Waals surface area (Å²) in [5, 5.41) is 23.9. The number of carbonyl (C=O) groups is 2. The molecule has 0 bridgehead atoms. The molecule has 1 fully saturated rings. The number of carbonyl (C=O) groups excluding carboxylic acids is 1. The number of carboxylic acid groups (broad SMARTS) is 1. The highest BCUT2D eigenvalue weighted by molar-refractivity contribution is 9.10. The highest BCUT2D eigenvalue weighted by Gasteiger charge is 2.38. The van der Waals surface area contributed by atoms with E-state index < -0.39 is 12.1 Å². The quantitative estimate of drug-likeness (QED) is 0.246. The van der Waals surface area contributed by atoms with Gasteiger partial charge < -0.3 is 15.7 Å². The number of anilines is 2. The van der Waals surface area contributed by atoms with Gasteiger partial charge >= 0.3 is 12.1 Å². The van der Waals surface area contributed by atoms with Crippen molar-refractivity contribution in [1.29, 1.82) is 0 Å². The summed E-state index contributed by atoms with van der Waals surface area (Å²) in [6.45, 7) is 1.54. The van der Waals surface area contributed by atoms with Crippen molar-refractivity contribution in [3.63, 3.8) is 0 Å². The number of halogens is 5. The second kappa shape index (κ2) is 12.1. The summed E-state index contributed by atoms with van der Waals surface area (Å²) in [6, 6.07) is 4.25. The molecule has 1 aromatic heterocycles. The molecule has 16 heteroatoms. The van der Waals surface area contributed by atoms with Crippen LogP contribution in [0.1, 0.15) is 18.5 Å². The molecule has 180 valence electrons. The molecule has 0 saturated carbocycles. The van der Waals surface area contributed by atoms with Gasteiger partial charge in [0.25, 0.3) is 0 Å². The maximum absolute atomic E-state index is 13.1. The van der Waals surface area contributed by atoms with Crippen LogP contribution in [0.4, 0.5) is 29.1 Å². The summed E-state index contributed by atoms with van der Waals surface area (Å²) in [4.78, 5) is 26.0. The maximum Gasteiger partial charge on any atom is 0.490 e. The molecule has 1 saturated heterocycles. The molecule has 11 nitrogen and oxygen atoms in total. The van der Waals surface area contributed by atoms with Gasteiger partial charge in [-0.25, -0.2) is 13.8 Å². The third kappa shape index (κ3) is 8.64. The van der Waals surface area contributed by atoms with Crippen LogP contribution >= 0.6 is 15.9 Å². The molecule has 0 aliphatic carbocycles. The monoisotopic (exact) mass is 540 g/mol. The smallest absolute Gasteiger partial charge is 0.475 e. The molecule has 1 aliphatic heterocycles. The predicted octanol–water partition coefficient (Wildman–Crippen LogP) is 2.92. The van der Waals surface area contributed by atoms with Crippen LogP contribution in [-0.2, 0) is 14.5 Å². The molecule has 1 unspecified atom stereocenters. The lowest BCUT2D eigenvalue weighted by Crippen LogP contribution is -2.37. The number of rotatable bonds is 6. The van der Waals surface area contributed by atoms with E-state index in [1.807, 2.05) is 0 Å². The van der Waals surface area contributed by atoms with E-state index in [9.17, 15) is 22.4 Å². The van der Waals surface area contributed by atoms with Crippen molar-refractivity contribution in [2.75, 3.05) is 23.9 Å². The first-order valence-corrected chi connectivity index (χ1v) is 9.92. The van der Waals surface area contributed by atoms with Gasteiger partial charge in [0.1, 0.15) is 12.0 Å². The summed E-state index contributed by atoms with van der Waals surface area (Å²) >= 11 is 3.07. The number of aliphatic carboxylic acids is 1. The number of carboxylic acids is 1. The molecule has 2 aromatic rings. The van der Waals surface area contributed by atoms with Crippen LogP contribution < -0.4 is 16.1 Å². The number of hydrogen-bond donors (Lipinski definition) is 4. The molecule has 3 rings (SSSR count). The first-order chi connectivity index (χ1) is 15.6. The van der Waals surface area contributed by atoms with Crippen molar-refractivity contribution in [2.24, 2.45) is 11.1 Å². The summed E-state index contributed by atoms with van der Waals surface area (Å²) < 4.78 is 49.8. The number of oxime groups is 1. The van der Waals surface area contributed by atoms with Crippen molar-refractivity contribution in [3.05, 3.63) is 34.2 Å². The van der Waals surface area contributed by atoms with E-state index in [2.05, 4.69) is 52.1 Å². The number of amides is 1. The van der Waals surface area contributed by atoms with E-state index in [0.29, 0.717) is 12.2 Å². The molecule has 1 atom stereocenters. The minimum absolute atomic E-state index is 0.125. The highest BCUT2D eigenvalue weighted by Crippen LogP contribution is 2.20. The van der Waals surface area contributed by atoms with Gasteiger partial charge in [-0.05, 0) is 63.8 Å². The third-order valence-electron chi connectivity index (χ3n) is 3.98. The van der Waals surface area contributed by atoms with Gasteiger partial charge in [0.15, 0.2) is 5.69 Å². The Balaban J connectivity index is 0.000000479. The molecule has 4 N–H and O–H groups in total. The minimum atomic E-state index is -5.08. The standard InChI is InChI=1S/C15H16BrFN6O3.C2HF3O2/c16-11-6-10(3-4-12(11)17)21-25-19-8-13-14(23-26-22-13)20-15(24)9-2-1-5-18-7-9;3-2(4,5)1(6)7/h3-4,6,8-9,18,21H,1-2,5,7H2,(H,20,23,24);(H,6,7)/b19-8+;. The van der Waals surface area contributed by atoms with Gasteiger partial charge in [0.05, 0.1) is 16.1 Å². The van der Waals surface area contributed by atoms with Gasteiger partial charge in [-0.1, -0.05) is 5.16 Å². The topological polar surface area (TPSA) is 151 Å². The Hall–Kier alpha value is -3.27. The van der Waals surface area contributed by atoms with E-state index in [-0.39, 0.29) is 33.6 Å². The summed E-state index contributed by atoms with van der Waals surface area (Å²) in [5.74, 6) is -3.26. The molecule has 1 amide bonds. The Morgan fingerprint density at radius 3 is 2.70 bits per heavy atom. The van der Waals surface area contributed by atoms with Crippen molar-refractivity contribution in [1.82, 2.24) is 15.6 Å². The molecule has 1 aliphatic rings. The molecule has 0 radical (unpaired) electrons. The number of aromatic nitrogens is 2. The SMILES string of the molecule is O=C(Nc1nonc1/C=N/ONc1ccc(F)c(Br)c1)C1CCCNC1.O=C(O)C(F)(F)F. The van der Waals surface area contributed by atoms with E-state index in [4.69, 9.17) is 14.8 Å². The van der Waals surface area contributed by atoms with Gasteiger partial charge in [-0.3, -0.25) is 9.73 Å². The molecule has 1 aromatic carbocycles. The lowest BCUT2D eigenvalue weighted by atomic mass is 9.99. The van der Waals surface area contributed by atoms with Crippen molar-refractivity contribution in [2.45, 2.75) is 19.0 Å². The number of nitrogens with zero attached hydrogens (tertiary/aromatic N) is 3. The van der Waals surface area contributed by atoms with Crippen LogP contribution in [0.25, 0.3) is 0 Å². The van der Waals surface area contributed by atoms with Gasteiger partial charge in [-0.2, -0.15) is 18.7 Å². The van der Waals surface area contributed by atoms with Crippen LogP contribution in [0.2, 0.25) is 0 Å². The van der Waals surface area contributed by atoms with E-state index in [1.54, 1.807) is 0 Å². The van der Waals surface area contributed by atoms with E-state index in [0.717, 1.165) is 19.4 Å². The lowest BCUT2D eigenvalue weighted by molar-refractivity contribution is -0.192. The van der Waals surface area contributed by atoms with Crippen molar-refractivity contribution < 1.29 is 41.8 Å². The summed E-state index contributed by atoms with van der Waals surface area (Å²) in [7, 11) is 0. The van der Waals surface area contributed by atoms with E-state index >= 15 is 0 Å². The zero-order valence-corrected chi connectivity index (χ0v) is 18.1. The van der Waals surface area contributed by atoms with Gasteiger partial charge in [0.2, 0.25) is 11.7 Å². The van der Waals surface area contributed by atoms with Crippen molar-refractivity contribution in [3.8, 4) is 0 Å². The fourth-order valence-electron chi connectivity index (χ4n) is 2.38. The fraction of sp³-hybridized carbons (Fsp3) is 0.353. The van der Waals surface area contributed by atoms with Crippen LogP contribution in [-0.4, -0.2) is 52.8 Å². The number of hydrogen-bond acceptors (Lipinski definition) is 9. The second-order valence-corrected chi connectivity index (χ2v) is 7.24. The normalized spacial score (nSPS) is 16.0. The minimum Gasteiger partial charge on any atom is -0.475 e.